The number of hydrogen-bond acceptors (Lipinski definition) is 3. The van der Waals surface area contributed by atoms with E-state index < -0.39 is 5.91 Å². The zero-order chi connectivity index (χ0) is 10.7. The predicted octanol–water partition coefficient (Wildman–Crippen LogP) is 1.24. The van der Waals surface area contributed by atoms with Gasteiger partial charge in [-0.2, -0.15) is 0 Å². The van der Waals surface area contributed by atoms with Crippen molar-refractivity contribution in [2.24, 2.45) is 5.73 Å². The lowest BCUT2D eigenvalue weighted by Crippen LogP contribution is -2.10. The predicted molar refractivity (Wildman–Crippen MR) is 56.0 cm³/mol. The van der Waals surface area contributed by atoms with Gasteiger partial charge in [0.25, 0.3) is 0 Å². The van der Waals surface area contributed by atoms with Gasteiger partial charge in [-0.05, 0) is 17.7 Å². The summed E-state index contributed by atoms with van der Waals surface area (Å²) in [5.41, 5.74) is 7.50. The lowest BCUT2D eigenvalue weighted by atomic mass is 10.1. The highest BCUT2D eigenvalue weighted by molar-refractivity contribution is 5.93. The van der Waals surface area contributed by atoms with Crippen LogP contribution in [0.5, 0.6) is 0 Å². The Balaban J connectivity index is 2.36. The average molecular weight is 199 g/mol. The van der Waals surface area contributed by atoms with Crippen LogP contribution in [0.4, 0.5) is 0 Å². The number of nitrogens with zero attached hydrogens (tertiary/aromatic N) is 2. The molecule has 2 N–H and O–H groups in total. The van der Waals surface area contributed by atoms with Crippen molar-refractivity contribution in [1.82, 2.24) is 9.97 Å². The van der Waals surface area contributed by atoms with Gasteiger partial charge in [-0.1, -0.05) is 12.1 Å². The van der Waals surface area contributed by atoms with Crippen LogP contribution in [0.3, 0.4) is 0 Å². The number of amides is 1. The van der Waals surface area contributed by atoms with Crippen molar-refractivity contribution in [3.05, 3.63) is 48.5 Å². The maximum absolute atomic E-state index is 10.8. The first-order valence-corrected chi connectivity index (χ1v) is 4.42. The van der Waals surface area contributed by atoms with Gasteiger partial charge in [0.15, 0.2) is 0 Å². The Morgan fingerprint density at radius 2 is 1.60 bits per heavy atom. The second-order valence-electron chi connectivity index (χ2n) is 3.07. The molecule has 0 aliphatic carbocycles. The molecule has 0 fully saturated rings. The van der Waals surface area contributed by atoms with Crippen LogP contribution in [-0.4, -0.2) is 15.9 Å². The van der Waals surface area contributed by atoms with Crippen LogP contribution >= 0.6 is 0 Å². The third kappa shape index (κ3) is 1.99. The number of hydrogen-bond donors (Lipinski definition) is 1. The van der Waals surface area contributed by atoms with Crippen LogP contribution in [0.1, 0.15) is 10.4 Å². The van der Waals surface area contributed by atoms with Gasteiger partial charge >= 0.3 is 0 Å². The van der Waals surface area contributed by atoms with E-state index in [1.165, 1.54) is 6.33 Å². The summed E-state index contributed by atoms with van der Waals surface area (Å²) in [6.07, 6.45) is 4.90. The van der Waals surface area contributed by atoms with E-state index in [2.05, 4.69) is 9.97 Å². The Bertz CT molecular complexity index is 465. The van der Waals surface area contributed by atoms with Crippen LogP contribution in [0.2, 0.25) is 0 Å². The highest BCUT2D eigenvalue weighted by Crippen LogP contribution is 2.17. The second kappa shape index (κ2) is 3.88. The molecule has 0 aliphatic heterocycles. The van der Waals surface area contributed by atoms with Gasteiger partial charge in [0.1, 0.15) is 6.33 Å². The highest BCUT2D eigenvalue weighted by atomic mass is 16.1. The summed E-state index contributed by atoms with van der Waals surface area (Å²) in [4.78, 5) is 18.7. The van der Waals surface area contributed by atoms with Crippen molar-refractivity contribution < 1.29 is 4.79 Å². The lowest BCUT2D eigenvalue weighted by molar-refractivity contribution is 0.100. The summed E-state index contributed by atoms with van der Waals surface area (Å²) in [5.74, 6) is -0.425. The zero-order valence-corrected chi connectivity index (χ0v) is 7.92. The summed E-state index contributed by atoms with van der Waals surface area (Å²) >= 11 is 0. The van der Waals surface area contributed by atoms with E-state index in [1.807, 2.05) is 12.1 Å². The maximum atomic E-state index is 10.8. The zero-order valence-electron chi connectivity index (χ0n) is 7.92. The van der Waals surface area contributed by atoms with Gasteiger partial charge < -0.3 is 5.73 Å². The van der Waals surface area contributed by atoms with E-state index in [9.17, 15) is 4.79 Å². The van der Waals surface area contributed by atoms with Crippen molar-refractivity contribution in [2.45, 2.75) is 0 Å². The Labute approximate surface area is 86.8 Å². The molecule has 0 atom stereocenters. The molecule has 0 bridgehead atoms. The molecule has 2 rings (SSSR count). The highest BCUT2D eigenvalue weighted by Gasteiger charge is 2.01. The molecule has 0 aliphatic rings. The number of carbonyl (C=O) groups excluding carboxylic acids is 1. The molecule has 4 nitrogen and oxygen atoms in total. The Morgan fingerprint density at radius 1 is 1.00 bits per heavy atom. The number of benzene rings is 1. The molecular weight excluding hydrogens is 190 g/mol. The molecule has 4 heteroatoms. The van der Waals surface area contributed by atoms with Gasteiger partial charge in [-0.3, -0.25) is 4.79 Å². The van der Waals surface area contributed by atoms with E-state index in [1.54, 1.807) is 24.5 Å². The van der Waals surface area contributed by atoms with Crippen LogP contribution in [0.25, 0.3) is 11.1 Å². The minimum absolute atomic E-state index is 0.425. The van der Waals surface area contributed by atoms with Gasteiger partial charge in [0, 0.05) is 23.5 Å². The van der Waals surface area contributed by atoms with Crippen LogP contribution in [-0.2, 0) is 0 Å². The standard InChI is InChI=1S/C11H9N3O/c12-11(15)9-3-1-8(2-4-9)10-5-13-7-14-6-10/h1-7H,(H2,12,15). The molecule has 15 heavy (non-hydrogen) atoms. The summed E-state index contributed by atoms with van der Waals surface area (Å²) in [6.45, 7) is 0. The summed E-state index contributed by atoms with van der Waals surface area (Å²) < 4.78 is 0. The van der Waals surface area contributed by atoms with Crippen LogP contribution in [0, 0.1) is 0 Å². The molecule has 0 saturated carbocycles. The number of primary amides is 1. The molecule has 1 amide bonds. The van der Waals surface area contributed by atoms with Crippen LogP contribution in [0.15, 0.2) is 43.0 Å². The summed E-state index contributed by atoms with van der Waals surface area (Å²) in [5, 5.41) is 0. The minimum atomic E-state index is -0.425. The number of aromatic nitrogens is 2. The third-order valence-corrected chi connectivity index (χ3v) is 2.06. The normalized spacial score (nSPS) is 9.87. The minimum Gasteiger partial charge on any atom is -0.366 e. The fraction of sp³-hybridized carbons (Fsp3) is 0. The monoisotopic (exact) mass is 199 g/mol. The van der Waals surface area contributed by atoms with E-state index in [0.717, 1.165) is 11.1 Å². The topological polar surface area (TPSA) is 68.9 Å². The molecule has 1 aromatic heterocycles. The van der Waals surface area contributed by atoms with Crippen molar-refractivity contribution >= 4 is 5.91 Å². The fourth-order valence-electron chi connectivity index (χ4n) is 1.28. The Morgan fingerprint density at radius 3 is 2.13 bits per heavy atom. The fourth-order valence-corrected chi connectivity index (χ4v) is 1.28. The summed E-state index contributed by atoms with van der Waals surface area (Å²) in [7, 11) is 0. The van der Waals surface area contributed by atoms with Crippen molar-refractivity contribution in [2.75, 3.05) is 0 Å². The van der Waals surface area contributed by atoms with Gasteiger partial charge in [0.05, 0.1) is 0 Å². The average Bonchev–Trinajstić information content (AvgIpc) is 2.30. The smallest absolute Gasteiger partial charge is 0.248 e. The number of nitrogens with two attached hydrogens (primary N) is 1. The first-order chi connectivity index (χ1) is 7.27. The first-order valence-electron chi connectivity index (χ1n) is 4.42. The Hall–Kier alpha value is -2.23. The van der Waals surface area contributed by atoms with Crippen LogP contribution < -0.4 is 5.73 Å². The largest absolute Gasteiger partial charge is 0.366 e. The molecule has 74 valence electrons. The summed E-state index contributed by atoms with van der Waals surface area (Å²) in [6, 6.07) is 7.01. The van der Waals surface area contributed by atoms with E-state index in [4.69, 9.17) is 5.73 Å². The number of rotatable bonds is 2. The molecule has 0 saturated heterocycles. The maximum Gasteiger partial charge on any atom is 0.248 e. The van der Waals surface area contributed by atoms with Gasteiger partial charge in [0.2, 0.25) is 5.91 Å². The quantitative estimate of drug-likeness (QED) is 0.791. The SMILES string of the molecule is NC(=O)c1ccc(-c2cncnc2)cc1. The van der Waals surface area contributed by atoms with E-state index in [0.29, 0.717) is 5.56 Å². The Kier molecular flexibility index (Phi) is 2.41. The molecule has 2 aromatic rings. The molecule has 0 radical (unpaired) electrons. The second-order valence-corrected chi connectivity index (χ2v) is 3.07. The first kappa shape index (κ1) is 9.33. The van der Waals surface area contributed by atoms with Crippen molar-refractivity contribution in [3.8, 4) is 11.1 Å². The van der Waals surface area contributed by atoms with Gasteiger partial charge in [-0.25, -0.2) is 9.97 Å². The van der Waals surface area contributed by atoms with Gasteiger partial charge in [-0.15, -0.1) is 0 Å². The molecule has 1 aromatic carbocycles. The van der Waals surface area contributed by atoms with E-state index in [-0.39, 0.29) is 0 Å². The number of carbonyl (C=O) groups is 1. The lowest BCUT2D eigenvalue weighted by Gasteiger charge is -2.00. The molecular formula is C11H9N3O. The molecule has 0 spiro atoms. The molecule has 1 heterocycles. The molecule has 0 unspecified atom stereocenters. The van der Waals surface area contributed by atoms with Crippen molar-refractivity contribution in [1.29, 1.82) is 0 Å². The van der Waals surface area contributed by atoms with Crippen molar-refractivity contribution in [3.63, 3.8) is 0 Å². The third-order valence-electron chi connectivity index (χ3n) is 2.06. The van der Waals surface area contributed by atoms with E-state index >= 15 is 0 Å².